The molecule has 0 aliphatic heterocycles. The highest BCUT2D eigenvalue weighted by Gasteiger charge is 2.21. The summed E-state index contributed by atoms with van der Waals surface area (Å²) in [5, 5.41) is 3.50. The third-order valence-corrected chi connectivity index (χ3v) is 3.24. The summed E-state index contributed by atoms with van der Waals surface area (Å²) in [5.41, 5.74) is 7.20. The van der Waals surface area contributed by atoms with Crippen molar-refractivity contribution in [2.45, 2.75) is 37.8 Å². The van der Waals surface area contributed by atoms with E-state index in [0.717, 1.165) is 17.9 Å². The maximum Gasteiger partial charge on any atom is 0.120 e. The topological polar surface area (TPSA) is 47.3 Å². The molecule has 3 N–H and O–H groups in total. The van der Waals surface area contributed by atoms with Crippen LogP contribution in [0.5, 0.6) is 5.75 Å². The Morgan fingerprint density at radius 3 is 2.88 bits per heavy atom. The zero-order valence-corrected chi connectivity index (χ0v) is 9.78. The number of ether oxygens (including phenoxy) is 1. The highest BCUT2D eigenvalue weighted by Crippen LogP contribution is 2.23. The van der Waals surface area contributed by atoms with Gasteiger partial charge in [-0.25, -0.2) is 0 Å². The molecule has 88 valence electrons. The number of nitrogens with two attached hydrogens (primary N) is 1. The Labute approximate surface area is 97.0 Å². The van der Waals surface area contributed by atoms with Crippen LogP contribution in [0.4, 0.5) is 5.69 Å². The lowest BCUT2D eigenvalue weighted by atomic mass is 9.91. The third kappa shape index (κ3) is 2.67. The van der Waals surface area contributed by atoms with Crippen LogP contribution < -0.4 is 15.8 Å². The summed E-state index contributed by atoms with van der Waals surface area (Å²) in [6, 6.07) is 8.70. The first-order chi connectivity index (χ1) is 7.79. The summed E-state index contributed by atoms with van der Waals surface area (Å²) >= 11 is 0. The molecule has 0 aromatic heterocycles. The Hall–Kier alpha value is -1.22. The smallest absolute Gasteiger partial charge is 0.120 e. The van der Waals surface area contributed by atoms with E-state index in [9.17, 15) is 0 Å². The molecule has 1 saturated carbocycles. The van der Waals surface area contributed by atoms with Crippen molar-refractivity contribution in [2.75, 3.05) is 12.4 Å². The fraction of sp³-hybridized carbons (Fsp3) is 0.538. The third-order valence-electron chi connectivity index (χ3n) is 3.24. The predicted molar refractivity (Wildman–Crippen MR) is 66.8 cm³/mol. The maximum atomic E-state index is 6.10. The predicted octanol–water partition coefficient (Wildman–Crippen LogP) is 2.38. The average Bonchev–Trinajstić information content (AvgIpc) is 2.32. The van der Waals surface area contributed by atoms with Crippen LogP contribution in [-0.4, -0.2) is 19.2 Å². The lowest BCUT2D eigenvalue weighted by Gasteiger charge is -2.30. The maximum absolute atomic E-state index is 6.10. The average molecular weight is 220 g/mol. The first kappa shape index (κ1) is 11.3. The zero-order chi connectivity index (χ0) is 11.4. The molecule has 0 bridgehead atoms. The monoisotopic (exact) mass is 220 g/mol. The molecule has 2 rings (SSSR count). The van der Waals surface area contributed by atoms with Gasteiger partial charge in [-0.2, -0.15) is 0 Å². The van der Waals surface area contributed by atoms with Gasteiger partial charge in [0.15, 0.2) is 0 Å². The molecule has 1 aliphatic rings. The molecule has 0 radical (unpaired) electrons. The molecule has 1 fully saturated rings. The molecule has 1 aliphatic carbocycles. The Kier molecular flexibility index (Phi) is 3.67. The standard InChI is InChI=1S/C13H20N2O/c1-16-11-6-4-5-10(9-11)15-13-8-3-2-7-12(13)14/h4-6,9,12-13,15H,2-3,7-8,14H2,1H3/t12-,13-/m1/s1. The number of benzene rings is 1. The fourth-order valence-corrected chi connectivity index (χ4v) is 2.27. The van der Waals surface area contributed by atoms with Crippen molar-refractivity contribution in [3.05, 3.63) is 24.3 Å². The highest BCUT2D eigenvalue weighted by molar-refractivity contribution is 5.49. The van der Waals surface area contributed by atoms with E-state index in [2.05, 4.69) is 11.4 Å². The normalized spacial score (nSPS) is 25.1. The minimum absolute atomic E-state index is 0.278. The molecular formula is C13H20N2O. The van der Waals surface area contributed by atoms with Crippen molar-refractivity contribution in [2.24, 2.45) is 5.73 Å². The van der Waals surface area contributed by atoms with Crippen LogP contribution in [0.25, 0.3) is 0 Å². The molecule has 2 atom stereocenters. The molecular weight excluding hydrogens is 200 g/mol. The van der Waals surface area contributed by atoms with Crippen molar-refractivity contribution in [1.29, 1.82) is 0 Å². The van der Waals surface area contributed by atoms with Crippen molar-refractivity contribution in [3.8, 4) is 5.75 Å². The van der Waals surface area contributed by atoms with Gasteiger partial charge in [-0.3, -0.25) is 0 Å². The second kappa shape index (κ2) is 5.21. The van der Waals surface area contributed by atoms with Crippen molar-refractivity contribution in [3.63, 3.8) is 0 Å². The lowest BCUT2D eigenvalue weighted by molar-refractivity contribution is 0.402. The molecule has 16 heavy (non-hydrogen) atoms. The molecule has 3 nitrogen and oxygen atoms in total. The summed E-state index contributed by atoms with van der Waals surface area (Å²) < 4.78 is 5.20. The van der Waals surface area contributed by atoms with E-state index < -0.39 is 0 Å². The molecule has 1 aromatic rings. The SMILES string of the molecule is COc1cccc(N[C@@H]2CCCC[C@H]2N)c1. The Morgan fingerprint density at radius 2 is 2.12 bits per heavy atom. The number of hydrogen-bond donors (Lipinski definition) is 2. The molecule has 3 heteroatoms. The van der Waals surface area contributed by atoms with E-state index in [-0.39, 0.29) is 6.04 Å². The van der Waals surface area contributed by atoms with Gasteiger partial charge in [0.25, 0.3) is 0 Å². The Morgan fingerprint density at radius 1 is 1.31 bits per heavy atom. The molecule has 0 saturated heterocycles. The van der Waals surface area contributed by atoms with E-state index in [0.29, 0.717) is 6.04 Å². The minimum Gasteiger partial charge on any atom is -0.497 e. The highest BCUT2D eigenvalue weighted by atomic mass is 16.5. The molecule has 0 unspecified atom stereocenters. The van der Waals surface area contributed by atoms with Crippen LogP contribution in [0.15, 0.2) is 24.3 Å². The van der Waals surface area contributed by atoms with E-state index in [1.165, 1.54) is 19.3 Å². The molecule has 0 heterocycles. The van der Waals surface area contributed by atoms with Gasteiger partial charge in [-0.1, -0.05) is 18.9 Å². The van der Waals surface area contributed by atoms with Gasteiger partial charge in [-0.15, -0.1) is 0 Å². The van der Waals surface area contributed by atoms with Gasteiger partial charge < -0.3 is 15.8 Å². The largest absolute Gasteiger partial charge is 0.497 e. The second-order valence-electron chi connectivity index (χ2n) is 4.43. The van der Waals surface area contributed by atoms with Gasteiger partial charge in [0.1, 0.15) is 5.75 Å². The number of hydrogen-bond acceptors (Lipinski definition) is 3. The first-order valence-corrected chi connectivity index (χ1v) is 5.96. The molecule has 0 amide bonds. The van der Waals surface area contributed by atoms with Gasteiger partial charge in [-0.05, 0) is 25.0 Å². The summed E-state index contributed by atoms with van der Waals surface area (Å²) in [4.78, 5) is 0. The van der Waals surface area contributed by atoms with Crippen LogP contribution in [-0.2, 0) is 0 Å². The van der Waals surface area contributed by atoms with E-state index >= 15 is 0 Å². The summed E-state index contributed by atoms with van der Waals surface area (Å²) in [7, 11) is 1.69. The Bertz CT molecular complexity index is 340. The lowest BCUT2D eigenvalue weighted by Crippen LogP contribution is -2.42. The molecule has 0 spiro atoms. The molecule has 1 aromatic carbocycles. The van der Waals surface area contributed by atoms with Crippen LogP contribution >= 0.6 is 0 Å². The first-order valence-electron chi connectivity index (χ1n) is 5.96. The number of methoxy groups -OCH3 is 1. The van der Waals surface area contributed by atoms with Crippen LogP contribution in [0.3, 0.4) is 0 Å². The van der Waals surface area contributed by atoms with Gasteiger partial charge in [0.05, 0.1) is 7.11 Å². The summed E-state index contributed by atoms with van der Waals surface area (Å²) in [5.74, 6) is 0.884. The van der Waals surface area contributed by atoms with Gasteiger partial charge >= 0.3 is 0 Å². The fourth-order valence-electron chi connectivity index (χ4n) is 2.27. The van der Waals surface area contributed by atoms with E-state index in [4.69, 9.17) is 10.5 Å². The van der Waals surface area contributed by atoms with Gasteiger partial charge in [0.2, 0.25) is 0 Å². The summed E-state index contributed by atoms with van der Waals surface area (Å²) in [6.45, 7) is 0. The van der Waals surface area contributed by atoms with E-state index in [1.54, 1.807) is 7.11 Å². The second-order valence-corrected chi connectivity index (χ2v) is 4.43. The van der Waals surface area contributed by atoms with Crippen molar-refractivity contribution in [1.82, 2.24) is 0 Å². The number of anilines is 1. The quantitative estimate of drug-likeness (QED) is 0.822. The number of nitrogens with one attached hydrogen (secondary N) is 1. The van der Waals surface area contributed by atoms with Crippen molar-refractivity contribution >= 4 is 5.69 Å². The van der Waals surface area contributed by atoms with Crippen LogP contribution in [0.2, 0.25) is 0 Å². The van der Waals surface area contributed by atoms with Crippen LogP contribution in [0, 0.1) is 0 Å². The van der Waals surface area contributed by atoms with Crippen LogP contribution in [0.1, 0.15) is 25.7 Å². The zero-order valence-electron chi connectivity index (χ0n) is 9.78. The minimum atomic E-state index is 0.278. The van der Waals surface area contributed by atoms with E-state index in [1.807, 2.05) is 18.2 Å². The van der Waals surface area contributed by atoms with Gasteiger partial charge in [0, 0.05) is 23.8 Å². The Balaban J connectivity index is 2.01. The number of rotatable bonds is 3. The summed E-state index contributed by atoms with van der Waals surface area (Å²) in [6.07, 6.45) is 4.83. The van der Waals surface area contributed by atoms with Crippen molar-refractivity contribution < 1.29 is 4.74 Å².